The minimum absolute atomic E-state index is 0.909. The molecule has 0 aromatic carbocycles. The maximum atomic E-state index is 5.99. The predicted octanol–water partition coefficient (Wildman–Crippen LogP) is 2.57. The Morgan fingerprint density at radius 2 is 1.92 bits per heavy atom. The van der Waals surface area contributed by atoms with Crippen LogP contribution >= 0.6 is 0 Å². The summed E-state index contributed by atoms with van der Waals surface area (Å²) in [6.07, 6.45) is 6.16. The largest absolute Gasteiger partial charge is 0.397 e. The molecule has 1 heterocycles. The summed E-state index contributed by atoms with van der Waals surface area (Å²) in [6.45, 7) is 4.31. The van der Waals surface area contributed by atoms with Crippen molar-refractivity contribution in [1.29, 1.82) is 0 Å². The molecule has 1 aromatic rings. The third-order valence-electron chi connectivity index (χ3n) is 2.17. The van der Waals surface area contributed by atoms with Crippen LogP contribution < -0.4 is 5.73 Å². The number of pyridine rings is 1. The van der Waals surface area contributed by atoms with Crippen molar-refractivity contribution in [3.63, 3.8) is 0 Å². The van der Waals surface area contributed by atoms with Crippen LogP contribution in [0.3, 0.4) is 0 Å². The van der Waals surface area contributed by atoms with Gasteiger partial charge in [-0.15, -0.1) is 0 Å². The van der Waals surface area contributed by atoms with E-state index in [1.165, 1.54) is 5.56 Å². The summed E-state index contributed by atoms with van der Waals surface area (Å²) in [5, 5.41) is 0. The van der Waals surface area contributed by atoms with E-state index in [2.05, 4.69) is 18.8 Å². The minimum Gasteiger partial charge on any atom is -0.397 e. The van der Waals surface area contributed by atoms with Crippen LogP contribution in [0.1, 0.15) is 37.9 Å². The zero-order valence-electron chi connectivity index (χ0n) is 8.51. The van der Waals surface area contributed by atoms with Crippen molar-refractivity contribution in [2.75, 3.05) is 5.73 Å². The molecule has 72 valence electrons. The third-order valence-corrected chi connectivity index (χ3v) is 2.17. The number of aryl methyl sites for hydroxylation is 2. The van der Waals surface area contributed by atoms with E-state index in [4.69, 9.17) is 5.73 Å². The Morgan fingerprint density at radius 3 is 2.54 bits per heavy atom. The first-order chi connectivity index (χ1) is 6.29. The summed E-state index contributed by atoms with van der Waals surface area (Å²) in [4.78, 5) is 4.29. The van der Waals surface area contributed by atoms with Crippen LogP contribution in [-0.2, 0) is 12.8 Å². The molecule has 2 heteroatoms. The molecule has 0 aliphatic heterocycles. The van der Waals surface area contributed by atoms with Crippen LogP contribution in [0.15, 0.2) is 12.3 Å². The van der Waals surface area contributed by atoms with Gasteiger partial charge in [0.05, 0.1) is 11.4 Å². The van der Waals surface area contributed by atoms with Crippen molar-refractivity contribution in [1.82, 2.24) is 4.98 Å². The molecule has 0 saturated carbocycles. The second-order valence-corrected chi connectivity index (χ2v) is 3.33. The Morgan fingerprint density at radius 1 is 1.23 bits per heavy atom. The van der Waals surface area contributed by atoms with Crippen molar-refractivity contribution in [3.05, 3.63) is 23.5 Å². The fourth-order valence-corrected chi connectivity index (χ4v) is 1.49. The highest BCUT2D eigenvalue weighted by molar-refractivity contribution is 5.50. The van der Waals surface area contributed by atoms with Crippen LogP contribution in [0, 0.1) is 0 Å². The summed E-state index contributed by atoms with van der Waals surface area (Å²) in [7, 11) is 0. The topological polar surface area (TPSA) is 38.9 Å². The smallest absolute Gasteiger partial charge is 0.0635 e. The number of hydrogen-bond donors (Lipinski definition) is 1. The monoisotopic (exact) mass is 178 g/mol. The molecule has 0 fully saturated rings. The number of nitrogens with zero attached hydrogens (tertiary/aromatic N) is 1. The Kier molecular flexibility index (Phi) is 3.74. The fourth-order valence-electron chi connectivity index (χ4n) is 1.49. The van der Waals surface area contributed by atoms with Gasteiger partial charge in [-0.2, -0.15) is 0 Å². The van der Waals surface area contributed by atoms with Gasteiger partial charge in [0.2, 0.25) is 0 Å². The summed E-state index contributed by atoms with van der Waals surface area (Å²) in [5.41, 5.74) is 9.22. The molecule has 0 radical (unpaired) electrons. The lowest BCUT2D eigenvalue weighted by Crippen LogP contribution is -2.02. The van der Waals surface area contributed by atoms with E-state index in [9.17, 15) is 0 Å². The van der Waals surface area contributed by atoms with E-state index < -0.39 is 0 Å². The molecule has 0 saturated heterocycles. The number of anilines is 1. The molecule has 0 unspecified atom stereocenters. The van der Waals surface area contributed by atoms with Crippen molar-refractivity contribution >= 4 is 5.69 Å². The summed E-state index contributed by atoms with van der Waals surface area (Å²) < 4.78 is 0. The number of rotatable bonds is 4. The van der Waals surface area contributed by atoms with Gasteiger partial charge in [0.25, 0.3) is 0 Å². The first-order valence-corrected chi connectivity index (χ1v) is 5.01. The highest BCUT2D eigenvalue weighted by atomic mass is 14.7. The molecular weight excluding hydrogens is 160 g/mol. The lowest BCUT2D eigenvalue weighted by Gasteiger charge is -2.08. The maximum Gasteiger partial charge on any atom is 0.0635 e. The quantitative estimate of drug-likeness (QED) is 0.769. The van der Waals surface area contributed by atoms with Crippen molar-refractivity contribution in [3.8, 4) is 0 Å². The van der Waals surface area contributed by atoms with E-state index in [0.29, 0.717) is 0 Å². The van der Waals surface area contributed by atoms with Gasteiger partial charge in [-0.25, -0.2) is 0 Å². The molecule has 13 heavy (non-hydrogen) atoms. The minimum atomic E-state index is 0.909. The van der Waals surface area contributed by atoms with E-state index in [-0.39, 0.29) is 0 Å². The highest BCUT2D eigenvalue weighted by Crippen LogP contribution is 2.17. The highest BCUT2D eigenvalue weighted by Gasteiger charge is 2.03. The molecule has 0 bridgehead atoms. The number of aromatic nitrogens is 1. The molecule has 2 nitrogen and oxygen atoms in total. The second kappa shape index (κ2) is 4.85. The first kappa shape index (κ1) is 10.0. The van der Waals surface area contributed by atoms with Crippen molar-refractivity contribution < 1.29 is 0 Å². The van der Waals surface area contributed by atoms with Crippen molar-refractivity contribution in [2.45, 2.75) is 39.5 Å². The SMILES string of the molecule is CCCc1ccnc(CCC)c1N. The second-order valence-electron chi connectivity index (χ2n) is 3.33. The van der Waals surface area contributed by atoms with Gasteiger partial charge in [0, 0.05) is 6.20 Å². The molecular formula is C11H18N2. The van der Waals surface area contributed by atoms with E-state index in [0.717, 1.165) is 37.1 Å². The number of hydrogen-bond acceptors (Lipinski definition) is 2. The van der Waals surface area contributed by atoms with E-state index >= 15 is 0 Å². The van der Waals surface area contributed by atoms with E-state index in [1.54, 1.807) is 0 Å². The molecule has 0 atom stereocenters. The first-order valence-electron chi connectivity index (χ1n) is 5.01. The average molecular weight is 178 g/mol. The average Bonchev–Trinajstić information content (AvgIpc) is 2.13. The molecule has 0 aliphatic carbocycles. The van der Waals surface area contributed by atoms with Gasteiger partial charge in [-0.3, -0.25) is 4.98 Å². The zero-order chi connectivity index (χ0) is 9.68. The number of nitrogen functional groups attached to an aromatic ring is 1. The predicted molar refractivity (Wildman–Crippen MR) is 56.6 cm³/mol. The Bertz CT molecular complexity index is 245. The summed E-state index contributed by atoms with van der Waals surface area (Å²) in [5.74, 6) is 0. The Balaban J connectivity index is 2.89. The van der Waals surface area contributed by atoms with Gasteiger partial charge in [0.15, 0.2) is 0 Å². The lowest BCUT2D eigenvalue weighted by atomic mass is 10.1. The standard InChI is InChI=1S/C11H18N2/c1-3-5-9-7-8-13-10(6-4-2)11(9)12/h7-8H,3-6,12H2,1-2H3. The van der Waals surface area contributed by atoms with Crippen molar-refractivity contribution in [2.24, 2.45) is 0 Å². The van der Waals surface area contributed by atoms with Crippen LogP contribution in [-0.4, -0.2) is 4.98 Å². The molecule has 0 aliphatic rings. The zero-order valence-corrected chi connectivity index (χ0v) is 8.51. The van der Waals surface area contributed by atoms with Gasteiger partial charge in [0.1, 0.15) is 0 Å². The van der Waals surface area contributed by atoms with Crippen LogP contribution in [0.5, 0.6) is 0 Å². The Labute approximate surface area is 80.2 Å². The summed E-state index contributed by atoms with van der Waals surface area (Å²) in [6, 6.07) is 2.03. The molecule has 1 aromatic heterocycles. The number of nitrogens with two attached hydrogens (primary N) is 1. The third kappa shape index (κ3) is 2.44. The summed E-state index contributed by atoms with van der Waals surface area (Å²) >= 11 is 0. The fraction of sp³-hybridized carbons (Fsp3) is 0.545. The lowest BCUT2D eigenvalue weighted by molar-refractivity contribution is 0.868. The molecule has 1 rings (SSSR count). The maximum absolute atomic E-state index is 5.99. The molecule has 2 N–H and O–H groups in total. The van der Waals surface area contributed by atoms with E-state index in [1.807, 2.05) is 12.3 Å². The van der Waals surface area contributed by atoms with Gasteiger partial charge in [-0.1, -0.05) is 26.7 Å². The van der Waals surface area contributed by atoms with Crippen LogP contribution in [0.25, 0.3) is 0 Å². The normalized spacial score (nSPS) is 10.3. The Hall–Kier alpha value is -1.05. The van der Waals surface area contributed by atoms with Gasteiger partial charge >= 0.3 is 0 Å². The van der Waals surface area contributed by atoms with Gasteiger partial charge < -0.3 is 5.73 Å². The van der Waals surface area contributed by atoms with Crippen LogP contribution in [0.4, 0.5) is 5.69 Å². The molecule has 0 spiro atoms. The van der Waals surface area contributed by atoms with Gasteiger partial charge in [-0.05, 0) is 24.5 Å². The van der Waals surface area contributed by atoms with Crippen LogP contribution in [0.2, 0.25) is 0 Å². The molecule has 0 amide bonds.